The van der Waals surface area contributed by atoms with Crippen LogP contribution in [0.5, 0.6) is 5.75 Å². The maximum Gasteiger partial charge on any atom is 0.345 e. The van der Waals surface area contributed by atoms with Crippen LogP contribution in [0.1, 0.15) is 35.3 Å². The van der Waals surface area contributed by atoms with Crippen LogP contribution in [-0.4, -0.2) is 29.6 Å². The SMILES string of the molecule is COC(=O)c1c2n(n(-c3ccc(OC)cc3)c1=O)CCCCC2. The van der Waals surface area contributed by atoms with Gasteiger partial charge in [-0.15, -0.1) is 0 Å². The standard InChI is InChI=1S/C17H20N2O4/c1-22-13-9-7-12(8-10-13)19-16(20)15(17(21)23-2)14-6-4-3-5-11-18(14)19/h7-10H,3-6,11H2,1-2H3. The average molecular weight is 316 g/mol. The minimum atomic E-state index is -0.562. The fourth-order valence-corrected chi connectivity index (χ4v) is 3.10. The summed E-state index contributed by atoms with van der Waals surface area (Å²) in [5.41, 5.74) is 1.33. The molecule has 2 heterocycles. The molecule has 0 aliphatic carbocycles. The second-order valence-electron chi connectivity index (χ2n) is 5.56. The Hall–Kier alpha value is -2.50. The second-order valence-corrected chi connectivity index (χ2v) is 5.56. The number of ether oxygens (including phenoxy) is 2. The molecule has 0 spiro atoms. The molecule has 0 fully saturated rings. The molecule has 1 aliphatic rings. The van der Waals surface area contributed by atoms with Gasteiger partial charge in [0.25, 0.3) is 5.56 Å². The van der Waals surface area contributed by atoms with E-state index in [1.807, 2.05) is 16.8 Å². The first-order chi connectivity index (χ1) is 11.2. The summed E-state index contributed by atoms with van der Waals surface area (Å²) in [6.45, 7) is 0.716. The van der Waals surface area contributed by atoms with Crippen LogP contribution in [0.3, 0.4) is 0 Å². The molecule has 1 aromatic carbocycles. The van der Waals surface area contributed by atoms with Crippen molar-refractivity contribution in [3.63, 3.8) is 0 Å². The second kappa shape index (κ2) is 6.32. The number of nitrogens with zero attached hydrogens (tertiary/aromatic N) is 2. The van der Waals surface area contributed by atoms with Crippen LogP contribution in [0.4, 0.5) is 0 Å². The Morgan fingerprint density at radius 1 is 1.09 bits per heavy atom. The van der Waals surface area contributed by atoms with Crippen molar-refractivity contribution >= 4 is 5.97 Å². The normalized spacial score (nSPS) is 14.0. The summed E-state index contributed by atoms with van der Waals surface area (Å²) >= 11 is 0. The van der Waals surface area contributed by atoms with Gasteiger partial charge in [-0.2, -0.15) is 0 Å². The Morgan fingerprint density at radius 3 is 2.48 bits per heavy atom. The van der Waals surface area contributed by atoms with Gasteiger partial charge in [-0.1, -0.05) is 6.42 Å². The van der Waals surface area contributed by atoms with E-state index in [1.54, 1.807) is 23.9 Å². The Kier molecular flexibility index (Phi) is 4.23. The number of esters is 1. The van der Waals surface area contributed by atoms with E-state index in [9.17, 15) is 9.59 Å². The first-order valence-corrected chi connectivity index (χ1v) is 7.74. The zero-order chi connectivity index (χ0) is 16.4. The van der Waals surface area contributed by atoms with Crippen LogP contribution in [0.25, 0.3) is 5.69 Å². The zero-order valence-corrected chi connectivity index (χ0v) is 13.4. The van der Waals surface area contributed by atoms with E-state index in [1.165, 1.54) is 7.11 Å². The van der Waals surface area contributed by atoms with E-state index >= 15 is 0 Å². The molecule has 0 atom stereocenters. The van der Waals surface area contributed by atoms with Crippen LogP contribution >= 0.6 is 0 Å². The van der Waals surface area contributed by atoms with Crippen molar-refractivity contribution in [3.05, 3.63) is 45.9 Å². The highest BCUT2D eigenvalue weighted by molar-refractivity contribution is 5.90. The summed E-state index contributed by atoms with van der Waals surface area (Å²) in [7, 11) is 2.90. The lowest BCUT2D eigenvalue weighted by atomic mass is 10.1. The highest BCUT2D eigenvalue weighted by atomic mass is 16.5. The van der Waals surface area contributed by atoms with Crippen LogP contribution in [0, 0.1) is 0 Å². The minimum absolute atomic E-state index is 0.158. The average Bonchev–Trinajstić information content (AvgIpc) is 2.72. The summed E-state index contributed by atoms with van der Waals surface area (Å²) in [5.74, 6) is 0.158. The number of benzene rings is 1. The molecule has 6 nitrogen and oxygen atoms in total. The number of rotatable bonds is 3. The third-order valence-corrected chi connectivity index (χ3v) is 4.24. The van der Waals surface area contributed by atoms with Crippen LogP contribution < -0.4 is 10.3 Å². The van der Waals surface area contributed by atoms with Gasteiger partial charge in [0.05, 0.1) is 25.6 Å². The summed E-state index contributed by atoms with van der Waals surface area (Å²) < 4.78 is 13.5. The van der Waals surface area contributed by atoms with Crippen molar-refractivity contribution in [3.8, 4) is 11.4 Å². The molecule has 23 heavy (non-hydrogen) atoms. The van der Waals surface area contributed by atoms with E-state index < -0.39 is 5.97 Å². The van der Waals surface area contributed by atoms with E-state index in [-0.39, 0.29) is 11.1 Å². The molecule has 0 unspecified atom stereocenters. The molecule has 0 bridgehead atoms. The van der Waals surface area contributed by atoms with Crippen molar-refractivity contribution in [1.82, 2.24) is 9.36 Å². The number of fused-ring (bicyclic) bond motifs is 1. The van der Waals surface area contributed by atoms with Gasteiger partial charge in [0, 0.05) is 6.54 Å². The van der Waals surface area contributed by atoms with Gasteiger partial charge in [0.2, 0.25) is 0 Å². The predicted molar refractivity (Wildman–Crippen MR) is 85.5 cm³/mol. The molecule has 0 N–H and O–H groups in total. The van der Waals surface area contributed by atoms with Crippen molar-refractivity contribution in [1.29, 1.82) is 0 Å². The van der Waals surface area contributed by atoms with E-state index in [0.29, 0.717) is 18.7 Å². The van der Waals surface area contributed by atoms with Crippen LogP contribution in [0.2, 0.25) is 0 Å². The fraction of sp³-hybridized carbons (Fsp3) is 0.412. The first kappa shape index (κ1) is 15.4. The zero-order valence-electron chi connectivity index (χ0n) is 13.4. The molecule has 1 aliphatic heterocycles. The summed E-state index contributed by atoms with van der Waals surface area (Å²) in [6.07, 6.45) is 3.75. The molecule has 0 amide bonds. The van der Waals surface area contributed by atoms with Gasteiger partial charge in [0.1, 0.15) is 11.3 Å². The molecular weight excluding hydrogens is 296 g/mol. The molecule has 0 saturated carbocycles. The lowest BCUT2D eigenvalue weighted by Gasteiger charge is -2.13. The molecule has 0 radical (unpaired) electrons. The largest absolute Gasteiger partial charge is 0.497 e. The number of methoxy groups -OCH3 is 2. The molecule has 0 saturated heterocycles. The van der Waals surface area contributed by atoms with Crippen LogP contribution in [-0.2, 0) is 17.7 Å². The van der Waals surface area contributed by atoms with Gasteiger partial charge in [-0.3, -0.25) is 9.48 Å². The molecule has 6 heteroatoms. The summed E-state index contributed by atoms with van der Waals surface area (Å²) in [5, 5.41) is 0. The summed E-state index contributed by atoms with van der Waals surface area (Å²) in [4.78, 5) is 24.9. The lowest BCUT2D eigenvalue weighted by Crippen LogP contribution is -2.24. The highest BCUT2D eigenvalue weighted by Crippen LogP contribution is 2.21. The number of hydrogen-bond donors (Lipinski definition) is 0. The van der Waals surface area contributed by atoms with Gasteiger partial charge < -0.3 is 9.47 Å². The van der Waals surface area contributed by atoms with Crippen LogP contribution in [0.15, 0.2) is 29.1 Å². The Labute approximate surface area is 134 Å². The quantitative estimate of drug-likeness (QED) is 0.814. The van der Waals surface area contributed by atoms with Crippen molar-refractivity contribution < 1.29 is 14.3 Å². The Morgan fingerprint density at radius 2 is 1.83 bits per heavy atom. The lowest BCUT2D eigenvalue weighted by molar-refractivity contribution is 0.0598. The maximum absolute atomic E-state index is 12.8. The summed E-state index contributed by atoms with van der Waals surface area (Å²) in [6, 6.07) is 7.24. The molecule has 2 aromatic rings. The van der Waals surface area contributed by atoms with Gasteiger partial charge in [-0.05, 0) is 43.5 Å². The first-order valence-electron chi connectivity index (χ1n) is 7.74. The minimum Gasteiger partial charge on any atom is -0.497 e. The van der Waals surface area contributed by atoms with E-state index in [2.05, 4.69) is 0 Å². The van der Waals surface area contributed by atoms with E-state index in [4.69, 9.17) is 9.47 Å². The monoisotopic (exact) mass is 316 g/mol. The molecule has 122 valence electrons. The van der Waals surface area contributed by atoms with Crippen molar-refractivity contribution in [2.24, 2.45) is 0 Å². The Balaban J connectivity index is 2.21. The number of carbonyl (C=O) groups excluding carboxylic acids is 1. The Bertz CT molecular complexity index is 771. The maximum atomic E-state index is 12.8. The van der Waals surface area contributed by atoms with E-state index in [0.717, 1.165) is 30.7 Å². The third kappa shape index (κ3) is 2.65. The molecule has 1 aromatic heterocycles. The van der Waals surface area contributed by atoms with Crippen molar-refractivity contribution in [2.45, 2.75) is 32.2 Å². The third-order valence-electron chi connectivity index (χ3n) is 4.24. The molecule has 3 rings (SSSR count). The number of aromatic nitrogens is 2. The van der Waals surface area contributed by atoms with Gasteiger partial charge in [0.15, 0.2) is 0 Å². The number of carbonyl (C=O) groups is 1. The van der Waals surface area contributed by atoms with Crippen molar-refractivity contribution in [2.75, 3.05) is 14.2 Å². The topological polar surface area (TPSA) is 62.5 Å². The fourth-order valence-electron chi connectivity index (χ4n) is 3.10. The predicted octanol–water partition coefficient (Wildman–Crippen LogP) is 2.16. The van der Waals surface area contributed by atoms with Gasteiger partial charge in [-0.25, -0.2) is 9.48 Å². The number of hydrogen-bond acceptors (Lipinski definition) is 4. The van der Waals surface area contributed by atoms with Gasteiger partial charge >= 0.3 is 5.97 Å². The molecular formula is C17H20N2O4. The highest BCUT2D eigenvalue weighted by Gasteiger charge is 2.27. The smallest absolute Gasteiger partial charge is 0.345 e.